The summed E-state index contributed by atoms with van der Waals surface area (Å²) < 4.78 is 0. The second-order valence-electron chi connectivity index (χ2n) is 4.91. The molecule has 2 rings (SSSR count). The summed E-state index contributed by atoms with van der Waals surface area (Å²) in [6.45, 7) is 1.48. The highest BCUT2D eigenvalue weighted by atomic mass is 35.5. The molecule has 2 aromatic rings. The summed E-state index contributed by atoms with van der Waals surface area (Å²) in [5, 5.41) is 15.2. The highest BCUT2D eigenvalue weighted by molar-refractivity contribution is 6.30. The fourth-order valence-electron chi connectivity index (χ4n) is 1.84. The summed E-state index contributed by atoms with van der Waals surface area (Å²) in [5.41, 5.74) is 1.70. The molecule has 0 saturated carbocycles. The van der Waals surface area contributed by atoms with E-state index in [1.54, 1.807) is 48.5 Å². The zero-order chi connectivity index (χ0) is 17.5. The molecular weight excluding hydrogens is 326 g/mol. The third kappa shape index (κ3) is 4.70. The van der Waals surface area contributed by atoms with Crippen molar-refractivity contribution in [1.82, 2.24) is 0 Å². The first-order valence-corrected chi connectivity index (χ1v) is 7.42. The van der Waals surface area contributed by atoms with Crippen LogP contribution in [0.5, 0.6) is 0 Å². The van der Waals surface area contributed by atoms with Gasteiger partial charge >= 0.3 is 0 Å². The molecule has 0 atom stereocenters. The quantitative estimate of drug-likeness (QED) is 0.490. The predicted octanol–water partition coefficient (Wildman–Crippen LogP) is 4.00. The van der Waals surface area contributed by atoms with Gasteiger partial charge in [0.1, 0.15) is 11.6 Å². The van der Waals surface area contributed by atoms with E-state index in [2.05, 4.69) is 10.6 Å². The van der Waals surface area contributed by atoms with Gasteiger partial charge in [-0.25, -0.2) is 0 Å². The van der Waals surface area contributed by atoms with Crippen molar-refractivity contribution in [1.29, 1.82) is 5.26 Å². The Kier molecular flexibility index (Phi) is 5.72. The number of Topliss-reactive ketones (excluding diaryl/α,β-unsaturated/α-hetero) is 1. The molecule has 0 spiro atoms. The molecule has 0 unspecified atom stereocenters. The maximum absolute atomic E-state index is 12.1. The summed E-state index contributed by atoms with van der Waals surface area (Å²) in [6.07, 6.45) is 1.31. The smallest absolute Gasteiger partial charge is 0.267 e. The van der Waals surface area contributed by atoms with Crippen LogP contribution >= 0.6 is 11.6 Å². The number of nitriles is 1. The molecule has 2 N–H and O–H groups in total. The number of nitrogens with zero attached hydrogens (tertiary/aromatic N) is 1. The molecule has 0 aliphatic heterocycles. The minimum Gasteiger partial charge on any atom is -0.360 e. The Hall–Kier alpha value is -3.10. The monoisotopic (exact) mass is 339 g/mol. The maximum atomic E-state index is 12.1. The third-order valence-corrected chi connectivity index (χ3v) is 3.39. The van der Waals surface area contributed by atoms with Crippen LogP contribution in [0, 0.1) is 11.3 Å². The van der Waals surface area contributed by atoms with Crippen LogP contribution in [0.25, 0.3) is 0 Å². The van der Waals surface area contributed by atoms with Gasteiger partial charge < -0.3 is 10.6 Å². The zero-order valence-corrected chi connectivity index (χ0v) is 13.6. The van der Waals surface area contributed by atoms with Crippen LogP contribution in [-0.2, 0) is 4.79 Å². The van der Waals surface area contributed by atoms with E-state index in [9.17, 15) is 9.59 Å². The Balaban J connectivity index is 2.05. The number of ketones is 1. The van der Waals surface area contributed by atoms with Gasteiger partial charge in [-0.3, -0.25) is 9.59 Å². The van der Waals surface area contributed by atoms with E-state index < -0.39 is 5.91 Å². The van der Waals surface area contributed by atoms with Crippen molar-refractivity contribution in [3.8, 4) is 6.07 Å². The van der Waals surface area contributed by atoms with E-state index in [0.29, 0.717) is 22.0 Å². The lowest BCUT2D eigenvalue weighted by atomic mass is 10.1. The molecule has 0 heterocycles. The van der Waals surface area contributed by atoms with Crippen LogP contribution in [-0.4, -0.2) is 11.7 Å². The average Bonchev–Trinajstić information content (AvgIpc) is 2.58. The van der Waals surface area contributed by atoms with Crippen molar-refractivity contribution in [3.05, 3.63) is 70.9 Å². The van der Waals surface area contributed by atoms with Gasteiger partial charge in [0.15, 0.2) is 5.78 Å². The molecule has 0 aliphatic carbocycles. The number of anilines is 2. The van der Waals surface area contributed by atoms with Crippen LogP contribution in [0.2, 0.25) is 5.02 Å². The number of hydrogen-bond acceptors (Lipinski definition) is 4. The molecule has 2 aromatic carbocycles. The van der Waals surface area contributed by atoms with Gasteiger partial charge in [0.25, 0.3) is 5.91 Å². The van der Waals surface area contributed by atoms with Crippen LogP contribution in [0.3, 0.4) is 0 Å². The SMILES string of the molecule is CC(=O)c1ccc(N/C=C(/C#N)C(=O)Nc2ccc(Cl)cc2)cc1. The van der Waals surface area contributed by atoms with Crippen molar-refractivity contribution < 1.29 is 9.59 Å². The van der Waals surface area contributed by atoms with E-state index in [1.165, 1.54) is 13.1 Å². The molecule has 5 nitrogen and oxygen atoms in total. The van der Waals surface area contributed by atoms with E-state index in [4.69, 9.17) is 16.9 Å². The molecule has 24 heavy (non-hydrogen) atoms. The Morgan fingerprint density at radius 1 is 1.04 bits per heavy atom. The predicted molar refractivity (Wildman–Crippen MR) is 93.8 cm³/mol. The average molecular weight is 340 g/mol. The first kappa shape index (κ1) is 17.3. The van der Waals surface area contributed by atoms with Crippen LogP contribution in [0.4, 0.5) is 11.4 Å². The zero-order valence-electron chi connectivity index (χ0n) is 12.8. The summed E-state index contributed by atoms with van der Waals surface area (Å²) in [4.78, 5) is 23.3. The molecule has 0 radical (unpaired) electrons. The van der Waals surface area contributed by atoms with Gasteiger partial charge in [0.05, 0.1) is 0 Å². The summed E-state index contributed by atoms with van der Waals surface area (Å²) in [5.74, 6) is -0.565. The van der Waals surface area contributed by atoms with Gasteiger partial charge in [-0.15, -0.1) is 0 Å². The number of carbonyl (C=O) groups is 2. The Bertz CT molecular complexity index is 819. The van der Waals surface area contributed by atoms with Crippen molar-refractivity contribution in [2.45, 2.75) is 6.92 Å². The van der Waals surface area contributed by atoms with Gasteiger partial charge in [-0.05, 0) is 55.5 Å². The third-order valence-electron chi connectivity index (χ3n) is 3.14. The number of amides is 1. The number of benzene rings is 2. The Morgan fingerprint density at radius 2 is 1.62 bits per heavy atom. The second-order valence-corrected chi connectivity index (χ2v) is 5.35. The van der Waals surface area contributed by atoms with Crippen LogP contribution < -0.4 is 10.6 Å². The van der Waals surface area contributed by atoms with E-state index in [-0.39, 0.29) is 11.4 Å². The normalized spacial score (nSPS) is 10.6. The Labute approximate surface area is 144 Å². The number of carbonyl (C=O) groups excluding carboxylic acids is 2. The number of rotatable bonds is 5. The number of nitrogens with one attached hydrogen (secondary N) is 2. The lowest BCUT2D eigenvalue weighted by molar-refractivity contribution is -0.112. The minimum atomic E-state index is -0.535. The molecule has 0 fully saturated rings. The molecule has 0 aliphatic rings. The highest BCUT2D eigenvalue weighted by Gasteiger charge is 2.09. The fourth-order valence-corrected chi connectivity index (χ4v) is 1.96. The second kappa shape index (κ2) is 7.95. The molecule has 120 valence electrons. The highest BCUT2D eigenvalue weighted by Crippen LogP contribution is 2.15. The molecule has 0 aromatic heterocycles. The van der Waals surface area contributed by atoms with Crippen molar-refractivity contribution >= 4 is 34.7 Å². The lowest BCUT2D eigenvalue weighted by Crippen LogP contribution is -2.14. The lowest BCUT2D eigenvalue weighted by Gasteiger charge is -2.05. The van der Waals surface area contributed by atoms with Crippen molar-refractivity contribution in [2.75, 3.05) is 10.6 Å². The molecular formula is C18H14ClN3O2. The Morgan fingerprint density at radius 3 is 2.17 bits per heavy atom. The summed E-state index contributed by atoms with van der Waals surface area (Å²) in [7, 11) is 0. The summed E-state index contributed by atoms with van der Waals surface area (Å²) in [6, 6.07) is 15.1. The number of hydrogen-bond donors (Lipinski definition) is 2. The maximum Gasteiger partial charge on any atom is 0.267 e. The summed E-state index contributed by atoms with van der Waals surface area (Å²) >= 11 is 5.78. The van der Waals surface area contributed by atoms with E-state index in [0.717, 1.165) is 0 Å². The van der Waals surface area contributed by atoms with Crippen molar-refractivity contribution in [2.24, 2.45) is 0 Å². The van der Waals surface area contributed by atoms with E-state index >= 15 is 0 Å². The van der Waals surface area contributed by atoms with Gasteiger partial charge in [0, 0.05) is 28.2 Å². The molecule has 6 heteroatoms. The van der Waals surface area contributed by atoms with Gasteiger partial charge in [-0.2, -0.15) is 5.26 Å². The standard InChI is InChI=1S/C18H14ClN3O2/c1-12(23)13-2-6-16(7-3-13)21-11-14(10-20)18(24)22-17-8-4-15(19)5-9-17/h2-9,11,21H,1H3,(H,22,24)/b14-11-. The topological polar surface area (TPSA) is 82.0 Å². The van der Waals surface area contributed by atoms with Gasteiger partial charge in [-0.1, -0.05) is 11.6 Å². The largest absolute Gasteiger partial charge is 0.360 e. The van der Waals surface area contributed by atoms with Crippen molar-refractivity contribution in [3.63, 3.8) is 0 Å². The first-order valence-electron chi connectivity index (χ1n) is 7.04. The van der Waals surface area contributed by atoms with E-state index in [1.807, 2.05) is 6.07 Å². The first-order chi connectivity index (χ1) is 11.5. The minimum absolute atomic E-state index is 0.0304. The van der Waals surface area contributed by atoms with Gasteiger partial charge in [0.2, 0.25) is 0 Å². The van der Waals surface area contributed by atoms with Crippen LogP contribution in [0.1, 0.15) is 17.3 Å². The molecule has 1 amide bonds. The fraction of sp³-hybridized carbons (Fsp3) is 0.0556. The number of halogens is 1. The molecule has 0 bridgehead atoms. The van der Waals surface area contributed by atoms with Crippen LogP contribution in [0.15, 0.2) is 60.3 Å². The molecule has 0 saturated heterocycles.